The van der Waals surface area contributed by atoms with Gasteiger partial charge in [0.2, 0.25) is 5.95 Å². The van der Waals surface area contributed by atoms with Crippen molar-refractivity contribution in [2.45, 2.75) is 31.7 Å². The minimum atomic E-state index is -0.0999. The number of carbonyl (C=O) groups is 1. The zero-order valence-corrected chi connectivity index (χ0v) is 23.4. The fourth-order valence-corrected chi connectivity index (χ4v) is 5.42. The van der Waals surface area contributed by atoms with Gasteiger partial charge >= 0.3 is 0 Å². The first kappa shape index (κ1) is 27.4. The molecule has 5 rings (SSSR count). The molecule has 1 aliphatic carbocycles. The normalized spacial score (nSPS) is 19.0. The van der Waals surface area contributed by atoms with Crippen molar-refractivity contribution in [3.05, 3.63) is 41.0 Å². The van der Waals surface area contributed by atoms with E-state index in [4.69, 9.17) is 47.4 Å². The third-order valence-corrected chi connectivity index (χ3v) is 7.91. The molecule has 3 heterocycles. The molecule has 0 bridgehead atoms. The van der Waals surface area contributed by atoms with Gasteiger partial charge in [-0.1, -0.05) is 29.8 Å². The van der Waals surface area contributed by atoms with Crippen LogP contribution < -0.4 is 20.1 Å². The van der Waals surface area contributed by atoms with E-state index < -0.39 is 0 Å². The Morgan fingerprint density at radius 1 is 1.15 bits per heavy atom. The number of nitrogens with one attached hydrogen (secondary N) is 2. The van der Waals surface area contributed by atoms with Crippen LogP contribution in [-0.4, -0.2) is 60.8 Å². The molecule has 2 atom stereocenters. The first-order valence-electron chi connectivity index (χ1n) is 12.9. The highest BCUT2D eigenvalue weighted by atomic mass is 35.5. The zero-order chi connectivity index (χ0) is 27.5. The van der Waals surface area contributed by atoms with E-state index in [1.54, 1.807) is 12.3 Å². The van der Waals surface area contributed by atoms with Crippen LogP contribution in [0.25, 0.3) is 22.2 Å². The SMILES string of the molecule is C=CC(=O)C[C@H]1CCOC[C@H]1Nc1ncc2cc(-c3c(Cl)c(OC)cc(OC)c3Cl)nc(NCC3CC3)c2n1. The Labute approximate surface area is 237 Å². The van der Waals surface area contributed by atoms with Gasteiger partial charge in [-0.15, -0.1) is 0 Å². The molecular weight excluding hydrogens is 541 g/mol. The number of pyridine rings is 1. The summed E-state index contributed by atoms with van der Waals surface area (Å²) in [5.74, 6) is 2.63. The molecule has 1 saturated carbocycles. The van der Waals surface area contributed by atoms with Crippen LogP contribution in [0.1, 0.15) is 25.7 Å². The van der Waals surface area contributed by atoms with Gasteiger partial charge in [-0.25, -0.2) is 15.0 Å². The second-order valence-electron chi connectivity index (χ2n) is 9.84. The second-order valence-corrected chi connectivity index (χ2v) is 10.6. The Hall–Kier alpha value is -3.14. The number of anilines is 2. The topological polar surface area (TPSA) is 107 Å². The zero-order valence-electron chi connectivity index (χ0n) is 21.9. The van der Waals surface area contributed by atoms with Crippen molar-refractivity contribution in [2.24, 2.45) is 11.8 Å². The Balaban J connectivity index is 1.54. The monoisotopic (exact) mass is 571 g/mol. The van der Waals surface area contributed by atoms with Crippen LogP contribution in [0, 0.1) is 11.8 Å². The molecule has 206 valence electrons. The third kappa shape index (κ3) is 6.05. The van der Waals surface area contributed by atoms with Gasteiger partial charge in [-0.3, -0.25) is 4.79 Å². The van der Waals surface area contributed by atoms with E-state index in [0.717, 1.165) is 18.4 Å². The van der Waals surface area contributed by atoms with E-state index in [9.17, 15) is 4.79 Å². The third-order valence-electron chi connectivity index (χ3n) is 7.16. The van der Waals surface area contributed by atoms with Crippen LogP contribution in [0.3, 0.4) is 0 Å². The molecule has 0 radical (unpaired) electrons. The number of nitrogens with zero attached hydrogens (tertiary/aromatic N) is 3. The van der Waals surface area contributed by atoms with E-state index in [2.05, 4.69) is 22.2 Å². The van der Waals surface area contributed by atoms with Gasteiger partial charge in [0.25, 0.3) is 0 Å². The maximum Gasteiger partial charge on any atom is 0.223 e. The number of aromatic nitrogens is 3. The highest BCUT2D eigenvalue weighted by molar-refractivity contribution is 6.41. The van der Waals surface area contributed by atoms with Crippen LogP contribution >= 0.6 is 23.2 Å². The lowest BCUT2D eigenvalue weighted by Gasteiger charge is -2.31. The standard InChI is InChI=1S/C28H31Cl2N5O4/c1-4-18(36)9-16-7-8-39-14-20(16)34-28-32-13-17-10-19(33-27(26(17)35-28)31-12-15-5-6-15)23-24(29)21(37-2)11-22(38-3)25(23)30/h4,10-11,13,15-16,20H,1,5-9,12,14H2,2-3H3,(H,31,33)(H,32,34,35)/t16-,20-/m1/s1. The molecule has 1 aliphatic heterocycles. The van der Waals surface area contributed by atoms with Crippen molar-refractivity contribution >= 4 is 51.7 Å². The number of halogens is 2. The van der Waals surface area contributed by atoms with E-state index >= 15 is 0 Å². The van der Waals surface area contributed by atoms with Gasteiger partial charge in [0.15, 0.2) is 11.6 Å². The number of carbonyl (C=O) groups excluding carboxylic acids is 1. The summed E-state index contributed by atoms with van der Waals surface area (Å²) >= 11 is 13.4. The van der Waals surface area contributed by atoms with Crippen LogP contribution in [0.2, 0.25) is 10.0 Å². The number of hydrogen-bond acceptors (Lipinski definition) is 9. The fourth-order valence-electron chi connectivity index (χ4n) is 4.73. The Morgan fingerprint density at radius 3 is 2.56 bits per heavy atom. The summed E-state index contributed by atoms with van der Waals surface area (Å²) in [7, 11) is 3.07. The minimum absolute atomic E-state index is 0.0166. The summed E-state index contributed by atoms with van der Waals surface area (Å²) in [4.78, 5) is 26.3. The highest BCUT2D eigenvalue weighted by Gasteiger charge is 2.28. The average molecular weight is 572 g/mol. The van der Waals surface area contributed by atoms with Gasteiger partial charge in [0, 0.05) is 42.8 Å². The largest absolute Gasteiger partial charge is 0.495 e. The summed E-state index contributed by atoms with van der Waals surface area (Å²) < 4.78 is 16.6. The number of allylic oxidation sites excluding steroid dienone is 1. The van der Waals surface area contributed by atoms with Crippen molar-refractivity contribution in [2.75, 3.05) is 44.6 Å². The summed E-state index contributed by atoms with van der Waals surface area (Å²) in [6.07, 6.45) is 6.66. The number of methoxy groups -OCH3 is 2. The van der Waals surface area contributed by atoms with Crippen LogP contribution in [-0.2, 0) is 9.53 Å². The Kier molecular flexibility index (Phi) is 8.40. The molecule has 2 N–H and O–H groups in total. The van der Waals surface area contributed by atoms with E-state index in [0.29, 0.717) is 75.6 Å². The predicted octanol–water partition coefficient (Wildman–Crippen LogP) is 5.80. The minimum Gasteiger partial charge on any atom is -0.495 e. The summed E-state index contributed by atoms with van der Waals surface area (Å²) in [5, 5.41) is 8.28. The first-order chi connectivity index (χ1) is 18.9. The molecule has 3 aromatic rings. The molecule has 1 saturated heterocycles. The number of hydrogen-bond donors (Lipinski definition) is 2. The number of rotatable bonds is 11. The molecule has 2 aromatic heterocycles. The number of ether oxygens (including phenoxy) is 3. The molecule has 0 spiro atoms. The Bertz CT molecular complexity index is 1370. The molecule has 2 aliphatic rings. The van der Waals surface area contributed by atoms with Crippen molar-refractivity contribution < 1.29 is 19.0 Å². The van der Waals surface area contributed by atoms with Gasteiger partial charge in [0.1, 0.15) is 17.0 Å². The van der Waals surface area contributed by atoms with E-state index in [-0.39, 0.29) is 17.7 Å². The average Bonchev–Trinajstić information content (AvgIpc) is 3.78. The molecule has 0 unspecified atom stereocenters. The van der Waals surface area contributed by atoms with Crippen molar-refractivity contribution in [1.82, 2.24) is 15.0 Å². The predicted molar refractivity (Wildman–Crippen MR) is 153 cm³/mol. The quantitative estimate of drug-likeness (QED) is 0.276. The molecule has 39 heavy (non-hydrogen) atoms. The lowest BCUT2D eigenvalue weighted by atomic mass is 9.90. The van der Waals surface area contributed by atoms with Crippen LogP contribution in [0.15, 0.2) is 31.0 Å². The Morgan fingerprint density at radius 2 is 1.90 bits per heavy atom. The van der Waals surface area contributed by atoms with Crippen LogP contribution in [0.4, 0.5) is 11.8 Å². The molecular formula is C28H31Cl2N5O4. The second kappa shape index (κ2) is 11.9. The fraction of sp³-hybridized carbons (Fsp3) is 0.429. The highest BCUT2D eigenvalue weighted by Crippen LogP contribution is 2.46. The van der Waals surface area contributed by atoms with Gasteiger partial charge in [-0.2, -0.15) is 0 Å². The number of benzene rings is 1. The number of ketones is 1. The van der Waals surface area contributed by atoms with E-state index in [1.165, 1.54) is 33.1 Å². The smallest absolute Gasteiger partial charge is 0.223 e. The molecule has 1 aromatic carbocycles. The molecule has 2 fully saturated rings. The lowest BCUT2D eigenvalue weighted by Crippen LogP contribution is -2.40. The summed E-state index contributed by atoms with van der Waals surface area (Å²) in [6.45, 7) is 5.47. The molecule has 9 nitrogen and oxygen atoms in total. The van der Waals surface area contributed by atoms with Gasteiger partial charge < -0.3 is 24.8 Å². The maximum atomic E-state index is 12.0. The van der Waals surface area contributed by atoms with Crippen molar-refractivity contribution in [3.63, 3.8) is 0 Å². The van der Waals surface area contributed by atoms with Gasteiger partial charge in [0.05, 0.1) is 42.6 Å². The molecule has 0 amide bonds. The maximum absolute atomic E-state index is 12.0. The van der Waals surface area contributed by atoms with Crippen molar-refractivity contribution in [1.29, 1.82) is 0 Å². The molecule has 11 heteroatoms. The van der Waals surface area contributed by atoms with E-state index in [1.807, 2.05) is 6.07 Å². The summed E-state index contributed by atoms with van der Waals surface area (Å²) in [5.41, 5.74) is 1.71. The summed E-state index contributed by atoms with van der Waals surface area (Å²) in [6, 6.07) is 3.40. The lowest BCUT2D eigenvalue weighted by molar-refractivity contribution is -0.116. The number of fused-ring (bicyclic) bond motifs is 1. The van der Waals surface area contributed by atoms with Crippen LogP contribution in [0.5, 0.6) is 11.5 Å². The van der Waals surface area contributed by atoms with Gasteiger partial charge in [-0.05, 0) is 43.2 Å². The van der Waals surface area contributed by atoms with Crippen molar-refractivity contribution in [3.8, 4) is 22.8 Å². The first-order valence-corrected chi connectivity index (χ1v) is 13.7.